The summed E-state index contributed by atoms with van der Waals surface area (Å²) in [7, 11) is 0. The highest BCUT2D eigenvalue weighted by Gasteiger charge is 2.47. The van der Waals surface area contributed by atoms with E-state index in [9.17, 15) is 14.7 Å². The minimum atomic E-state index is -2.86. The number of carbonyl (C=O) groups is 2. The number of nitrogens with one attached hydrogen (secondary N) is 1. The largest absolute Gasteiger partial charge is 0.480 e. The first-order valence-electron chi connectivity index (χ1n) is 14.3. The van der Waals surface area contributed by atoms with Crippen LogP contribution >= 0.6 is 0 Å². The van der Waals surface area contributed by atoms with Crippen LogP contribution in [-0.2, 0) is 24.2 Å². The fourth-order valence-corrected chi connectivity index (χ4v) is 6.55. The van der Waals surface area contributed by atoms with E-state index in [1.165, 1.54) is 5.56 Å². The first-order chi connectivity index (χ1) is 18.8. The fraction of sp³-hybridized carbons (Fsp3) is 0.567. The number of rotatable bonds is 10. The van der Waals surface area contributed by atoms with E-state index in [-0.39, 0.29) is 31.3 Å². The molecule has 2 aromatic rings. The first-order valence-corrected chi connectivity index (χ1v) is 14.3. The van der Waals surface area contributed by atoms with Crippen molar-refractivity contribution in [2.45, 2.75) is 82.3 Å². The zero-order valence-corrected chi connectivity index (χ0v) is 22.2. The number of nitrogens with zero attached hydrogens (tertiary/aromatic N) is 3. The molecule has 6 rings (SSSR count). The summed E-state index contributed by atoms with van der Waals surface area (Å²) in [6, 6.07) is 8.51. The van der Waals surface area contributed by atoms with Gasteiger partial charge in [-0.05, 0) is 86.7 Å². The Labute approximate surface area is 227 Å². The van der Waals surface area contributed by atoms with Crippen LogP contribution in [0.25, 0.3) is 0 Å². The van der Waals surface area contributed by atoms with Gasteiger partial charge in [-0.2, -0.15) is 0 Å². The van der Waals surface area contributed by atoms with Gasteiger partial charge >= 0.3 is 5.97 Å². The summed E-state index contributed by atoms with van der Waals surface area (Å²) in [6.07, 6.45) is 5.81. The number of carboxylic acid groups (broad SMARTS) is 1. The van der Waals surface area contributed by atoms with Crippen LogP contribution in [0.2, 0.25) is 0 Å². The van der Waals surface area contributed by atoms with Crippen molar-refractivity contribution >= 4 is 17.7 Å². The molecule has 0 spiro atoms. The predicted molar refractivity (Wildman–Crippen MR) is 143 cm³/mol. The van der Waals surface area contributed by atoms with Crippen molar-refractivity contribution in [1.82, 2.24) is 14.8 Å². The minimum absolute atomic E-state index is 0.0337. The highest BCUT2D eigenvalue weighted by Crippen LogP contribution is 2.42. The second-order valence-electron chi connectivity index (χ2n) is 11.6. The molecule has 4 aliphatic rings. The summed E-state index contributed by atoms with van der Waals surface area (Å²) in [6.45, 7) is 1.65. The highest BCUT2D eigenvalue weighted by molar-refractivity contribution is 5.99. The van der Waals surface area contributed by atoms with E-state index < -0.39 is 23.9 Å². The molecule has 0 bridgehead atoms. The molecule has 1 amide bonds. The highest BCUT2D eigenvalue weighted by atomic mass is 19.3. The molecule has 7 nitrogen and oxygen atoms in total. The van der Waals surface area contributed by atoms with Crippen LogP contribution in [0, 0.1) is 5.92 Å². The summed E-state index contributed by atoms with van der Waals surface area (Å²) >= 11 is 0. The Morgan fingerprint density at radius 1 is 1.18 bits per heavy atom. The third-order valence-electron chi connectivity index (χ3n) is 8.88. The number of carbonyl (C=O) groups excluding carboxylic acids is 1. The van der Waals surface area contributed by atoms with Crippen LogP contribution in [-0.4, -0.2) is 63.4 Å². The van der Waals surface area contributed by atoms with Crippen LogP contribution in [0.5, 0.6) is 0 Å². The predicted octanol–water partition coefficient (Wildman–Crippen LogP) is 5.05. The topological polar surface area (TPSA) is 85.8 Å². The van der Waals surface area contributed by atoms with Crippen molar-refractivity contribution in [3.05, 3.63) is 58.3 Å². The van der Waals surface area contributed by atoms with Gasteiger partial charge in [-0.3, -0.25) is 14.5 Å². The number of halogens is 2. The standard InChI is InChI=1S/C30H36F2N4O3/c31-30(32,14-2-1-6-21-10-9-19-5-4-15-33-27(19)34-21)20-13-16-35(17-20)26(29(38)39)23-7-3-8-24-25(23)18-36(28(24)37)22-11-12-22/h3,7-10,20,22,26H,1-2,4-6,11-18H2,(H,33,34)(H,38,39)/t20-,26?/m1/s1. The zero-order valence-electron chi connectivity index (χ0n) is 22.2. The molecule has 3 aliphatic heterocycles. The lowest BCUT2D eigenvalue weighted by Gasteiger charge is -2.28. The van der Waals surface area contributed by atoms with Crippen LogP contribution in [0.1, 0.15) is 83.7 Å². The van der Waals surface area contributed by atoms with Crippen molar-refractivity contribution in [2.24, 2.45) is 5.92 Å². The molecule has 1 aliphatic carbocycles. The molecule has 1 aromatic carbocycles. The number of benzene rings is 1. The van der Waals surface area contributed by atoms with Crippen molar-refractivity contribution < 1.29 is 23.5 Å². The Balaban J connectivity index is 1.07. The van der Waals surface area contributed by atoms with Crippen molar-refractivity contribution in [1.29, 1.82) is 0 Å². The number of hydrogen-bond acceptors (Lipinski definition) is 5. The number of pyridine rings is 1. The normalized spacial score (nSPS) is 21.9. The number of hydrogen-bond donors (Lipinski definition) is 2. The number of likely N-dealkylation sites (tertiary alicyclic amines) is 1. The Morgan fingerprint density at radius 2 is 2.03 bits per heavy atom. The van der Waals surface area contributed by atoms with Crippen molar-refractivity contribution in [2.75, 3.05) is 25.0 Å². The van der Waals surface area contributed by atoms with Crippen molar-refractivity contribution in [3.63, 3.8) is 0 Å². The van der Waals surface area contributed by atoms with E-state index >= 15 is 8.78 Å². The van der Waals surface area contributed by atoms with E-state index in [0.717, 1.165) is 49.3 Å². The molecule has 1 unspecified atom stereocenters. The first kappa shape index (κ1) is 26.2. The molecular formula is C30H36F2N4O3. The molecular weight excluding hydrogens is 502 g/mol. The van der Waals surface area contributed by atoms with Crippen LogP contribution in [0.4, 0.5) is 14.6 Å². The van der Waals surface area contributed by atoms with Gasteiger partial charge in [-0.25, -0.2) is 13.8 Å². The fourth-order valence-electron chi connectivity index (χ4n) is 6.55. The second kappa shape index (κ2) is 10.5. The SMILES string of the molecule is O=C(O)C(c1cccc2c1CN(C1CC1)C2=O)N1CC[C@@H](C(F)(F)CCCCc2ccc3c(n2)NCCC3)C1. The zero-order chi connectivity index (χ0) is 27.1. The van der Waals surface area contributed by atoms with E-state index in [1.807, 2.05) is 11.0 Å². The molecule has 0 radical (unpaired) electrons. The van der Waals surface area contributed by atoms with E-state index in [4.69, 9.17) is 0 Å². The molecule has 4 heterocycles. The van der Waals surface area contributed by atoms with Gasteiger partial charge in [0, 0.05) is 49.3 Å². The van der Waals surface area contributed by atoms with Gasteiger partial charge in [-0.1, -0.05) is 18.2 Å². The number of aromatic nitrogens is 1. The quantitative estimate of drug-likeness (QED) is 0.412. The maximum atomic E-state index is 15.3. The van der Waals surface area contributed by atoms with Crippen LogP contribution in [0.15, 0.2) is 30.3 Å². The van der Waals surface area contributed by atoms with E-state index in [1.54, 1.807) is 23.1 Å². The maximum Gasteiger partial charge on any atom is 0.325 e. The van der Waals surface area contributed by atoms with E-state index in [0.29, 0.717) is 43.5 Å². The van der Waals surface area contributed by atoms with E-state index in [2.05, 4.69) is 16.4 Å². The Kier molecular flexibility index (Phi) is 7.04. The molecule has 1 aromatic heterocycles. The van der Waals surface area contributed by atoms with Gasteiger partial charge in [0.15, 0.2) is 0 Å². The van der Waals surface area contributed by atoms with Crippen LogP contribution < -0.4 is 5.32 Å². The third-order valence-corrected chi connectivity index (χ3v) is 8.88. The monoisotopic (exact) mass is 538 g/mol. The average Bonchev–Trinajstić information content (AvgIpc) is 3.54. The molecule has 2 N–H and O–H groups in total. The molecule has 1 saturated carbocycles. The molecule has 1 saturated heterocycles. The summed E-state index contributed by atoms with van der Waals surface area (Å²) in [5.74, 6) is -3.92. The number of carboxylic acids is 1. The number of aryl methyl sites for hydroxylation is 2. The van der Waals surface area contributed by atoms with Gasteiger partial charge in [0.2, 0.25) is 0 Å². The number of aliphatic carboxylic acids is 1. The number of anilines is 1. The number of fused-ring (bicyclic) bond motifs is 2. The maximum absolute atomic E-state index is 15.3. The second-order valence-corrected chi connectivity index (χ2v) is 11.6. The molecule has 2 atom stereocenters. The lowest BCUT2D eigenvalue weighted by Crippen LogP contribution is -2.36. The molecule has 39 heavy (non-hydrogen) atoms. The third kappa shape index (κ3) is 5.25. The van der Waals surface area contributed by atoms with Gasteiger partial charge in [0.25, 0.3) is 11.8 Å². The molecule has 9 heteroatoms. The number of amides is 1. The van der Waals surface area contributed by atoms with Gasteiger partial charge < -0.3 is 15.3 Å². The number of alkyl halides is 2. The average molecular weight is 539 g/mol. The summed E-state index contributed by atoms with van der Waals surface area (Å²) in [4.78, 5) is 33.5. The Morgan fingerprint density at radius 3 is 2.82 bits per heavy atom. The van der Waals surface area contributed by atoms with Crippen LogP contribution in [0.3, 0.4) is 0 Å². The minimum Gasteiger partial charge on any atom is -0.480 e. The lowest BCUT2D eigenvalue weighted by molar-refractivity contribution is -0.143. The smallest absolute Gasteiger partial charge is 0.325 e. The summed E-state index contributed by atoms with van der Waals surface area (Å²) in [5, 5.41) is 13.5. The molecule has 208 valence electrons. The molecule has 2 fully saturated rings. The van der Waals surface area contributed by atoms with Gasteiger partial charge in [-0.15, -0.1) is 0 Å². The summed E-state index contributed by atoms with van der Waals surface area (Å²) in [5.41, 5.74) is 4.00. The van der Waals surface area contributed by atoms with Gasteiger partial charge in [0.05, 0.1) is 0 Å². The number of unbranched alkanes of at least 4 members (excludes halogenated alkanes) is 1. The summed E-state index contributed by atoms with van der Waals surface area (Å²) < 4.78 is 30.6. The lowest BCUT2D eigenvalue weighted by atomic mass is 9.94. The Hall–Kier alpha value is -3.07. The Bertz CT molecular complexity index is 1260. The van der Waals surface area contributed by atoms with Crippen molar-refractivity contribution in [3.8, 4) is 0 Å². The van der Waals surface area contributed by atoms with Gasteiger partial charge in [0.1, 0.15) is 11.9 Å².